The zero-order chi connectivity index (χ0) is 17.8. The molecule has 7 radical (unpaired) electrons. The first-order chi connectivity index (χ1) is 12.9. The summed E-state index contributed by atoms with van der Waals surface area (Å²) in [6.07, 6.45) is 14.8. The Balaban J connectivity index is 1.71. The summed E-state index contributed by atoms with van der Waals surface area (Å²) in [7, 11) is 0. The van der Waals surface area contributed by atoms with Crippen molar-refractivity contribution in [3.8, 4) is 0 Å². The van der Waals surface area contributed by atoms with Crippen molar-refractivity contribution in [1.29, 1.82) is 0 Å². The molecule has 1 fully saturated rings. The molecule has 1 heteroatoms. The van der Waals surface area contributed by atoms with Crippen LogP contribution in [0, 0.1) is 38.0 Å². The highest BCUT2D eigenvalue weighted by molar-refractivity contribution is 5.59. The molecule has 1 saturated carbocycles. The van der Waals surface area contributed by atoms with E-state index in [1.54, 1.807) is 0 Å². The van der Waals surface area contributed by atoms with Gasteiger partial charge in [-0.3, -0.25) is 0 Å². The first-order valence-corrected chi connectivity index (χ1v) is 9.48. The fourth-order valence-electron chi connectivity index (χ4n) is 3.71. The van der Waals surface area contributed by atoms with E-state index in [9.17, 15) is 0 Å². The van der Waals surface area contributed by atoms with Crippen LogP contribution < -0.4 is 0 Å². The maximum atomic E-state index is 3.71. The van der Waals surface area contributed by atoms with Gasteiger partial charge in [-0.25, -0.2) is 0 Å². The molecule has 1 nitrogen and oxygen atoms in total. The molecule has 1 unspecified atom stereocenters. The van der Waals surface area contributed by atoms with E-state index in [4.69, 9.17) is 0 Å². The summed E-state index contributed by atoms with van der Waals surface area (Å²) in [5, 5.41) is 0. The van der Waals surface area contributed by atoms with Crippen molar-refractivity contribution < 1.29 is 0 Å². The lowest BCUT2D eigenvalue weighted by atomic mass is 9.78. The molecule has 0 bridgehead atoms. The molecule has 0 aromatic heterocycles. The van der Waals surface area contributed by atoms with Crippen molar-refractivity contribution in [2.75, 3.05) is 6.54 Å². The molecule has 2 aromatic rings. The van der Waals surface area contributed by atoms with Gasteiger partial charge in [0.15, 0.2) is 0 Å². The minimum atomic E-state index is 0.285. The van der Waals surface area contributed by atoms with Gasteiger partial charge in [0.25, 0.3) is 0 Å². The summed E-state index contributed by atoms with van der Waals surface area (Å²) in [5.74, 6) is 1.30. The van der Waals surface area contributed by atoms with E-state index in [2.05, 4.69) is 105 Å². The molecule has 1 aliphatic heterocycles. The zero-order valence-corrected chi connectivity index (χ0v) is 15.2. The molecule has 4 rings (SSSR count). The quantitative estimate of drug-likeness (QED) is 0.632. The van der Waals surface area contributed by atoms with Crippen LogP contribution in [0.3, 0.4) is 0 Å². The molecular formula is C25H24N. The molecular weight excluding hydrogens is 314 g/mol. The van der Waals surface area contributed by atoms with Crippen LogP contribution in [0.15, 0.2) is 71.9 Å². The Morgan fingerprint density at radius 1 is 0.885 bits per heavy atom. The number of hydrogen-bond acceptors (Lipinski definition) is 1. The van der Waals surface area contributed by atoms with Gasteiger partial charge in [0.05, 0.1) is 12.5 Å². The van der Waals surface area contributed by atoms with E-state index in [1.165, 1.54) is 35.6 Å². The molecule has 2 aliphatic rings. The van der Waals surface area contributed by atoms with Gasteiger partial charge in [0, 0.05) is 18.2 Å². The minimum Gasteiger partial charge on any atom is -0.363 e. The topological polar surface area (TPSA) is 3.24 Å². The van der Waals surface area contributed by atoms with E-state index >= 15 is 0 Å². The van der Waals surface area contributed by atoms with Gasteiger partial charge in [-0.05, 0) is 48.8 Å². The molecule has 0 spiro atoms. The van der Waals surface area contributed by atoms with E-state index in [0.717, 1.165) is 12.1 Å². The highest BCUT2D eigenvalue weighted by atomic mass is 15.2. The number of allylic oxidation sites excluding steroid dienone is 1. The monoisotopic (exact) mass is 338 g/mol. The number of rotatable bonds is 7. The van der Waals surface area contributed by atoms with Gasteiger partial charge < -0.3 is 4.90 Å². The Bertz CT molecular complexity index is 725. The Labute approximate surface area is 158 Å². The summed E-state index contributed by atoms with van der Waals surface area (Å²) in [4.78, 5) is 2.55. The van der Waals surface area contributed by atoms with Crippen molar-refractivity contribution in [2.24, 2.45) is 0 Å². The van der Waals surface area contributed by atoms with Gasteiger partial charge in [-0.1, -0.05) is 74.0 Å². The smallest absolute Gasteiger partial charge is 0.0782 e. The largest absolute Gasteiger partial charge is 0.363 e. The highest BCUT2D eigenvalue weighted by Gasteiger charge is 2.42. The molecule has 2 aromatic carbocycles. The van der Waals surface area contributed by atoms with Crippen molar-refractivity contribution in [2.45, 2.75) is 25.8 Å². The fraction of sp³-hybridized carbons (Fsp3) is 0.200. The maximum absolute atomic E-state index is 3.71. The van der Waals surface area contributed by atoms with Crippen LogP contribution in [0.25, 0.3) is 0 Å². The Morgan fingerprint density at radius 2 is 1.54 bits per heavy atom. The normalized spacial score (nSPS) is 20.5. The first-order valence-electron chi connectivity index (χ1n) is 9.48. The van der Waals surface area contributed by atoms with E-state index < -0.39 is 0 Å². The van der Waals surface area contributed by atoms with Crippen LogP contribution in [-0.4, -0.2) is 11.4 Å². The van der Waals surface area contributed by atoms with Crippen LogP contribution in [0.2, 0.25) is 0 Å². The summed E-state index contributed by atoms with van der Waals surface area (Å²) in [6.45, 7) is 3.34. The predicted octanol–water partition coefficient (Wildman–Crippen LogP) is 5.63. The summed E-state index contributed by atoms with van der Waals surface area (Å²) < 4.78 is 0. The Hall–Kier alpha value is -2.02. The van der Waals surface area contributed by atoms with Crippen LogP contribution >= 0.6 is 0 Å². The third kappa shape index (κ3) is 3.45. The van der Waals surface area contributed by atoms with Crippen molar-refractivity contribution in [3.05, 3.63) is 121 Å². The second kappa shape index (κ2) is 8.12. The second-order valence-electron chi connectivity index (χ2n) is 6.79. The van der Waals surface area contributed by atoms with Crippen LogP contribution in [0.4, 0.5) is 0 Å². The Morgan fingerprint density at radius 3 is 2.19 bits per heavy atom. The number of unbranched alkanes of at least 4 members (excludes halogenated alkanes) is 1. The number of hydrogen-bond donors (Lipinski definition) is 0. The van der Waals surface area contributed by atoms with Gasteiger partial charge in [-0.2, -0.15) is 0 Å². The SMILES string of the molecule is CCCCN1C([C]2[CH][CH][CH][CH]2)=C([C]c2ccccc2)C1c1ccccc1. The molecule has 0 amide bonds. The van der Waals surface area contributed by atoms with Crippen molar-refractivity contribution in [1.82, 2.24) is 4.90 Å². The Kier molecular flexibility index (Phi) is 5.43. The van der Waals surface area contributed by atoms with Crippen molar-refractivity contribution in [3.63, 3.8) is 0 Å². The third-order valence-electron chi connectivity index (χ3n) is 4.98. The summed E-state index contributed by atoms with van der Waals surface area (Å²) >= 11 is 0. The highest BCUT2D eigenvalue weighted by Crippen LogP contribution is 2.51. The molecule has 26 heavy (non-hydrogen) atoms. The zero-order valence-electron chi connectivity index (χ0n) is 15.2. The lowest BCUT2D eigenvalue weighted by Gasteiger charge is -2.49. The second-order valence-corrected chi connectivity index (χ2v) is 6.79. The van der Waals surface area contributed by atoms with Crippen LogP contribution in [0.1, 0.15) is 36.9 Å². The van der Waals surface area contributed by atoms with Gasteiger partial charge in [-0.15, -0.1) is 0 Å². The molecule has 1 atom stereocenters. The molecule has 1 aliphatic carbocycles. The lowest BCUT2D eigenvalue weighted by Crippen LogP contribution is -2.43. The lowest BCUT2D eigenvalue weighted by molar-refractivity contribution is 0.227. The molecule has 0 saturated heterocycles. The number of benzene rings is 2. The van der Waals surface area contributed by atoms with E-state index in [-0.39, 0.29) is 6.04 Å². The summed E-state index contributed by atoms with van der Waals surface area (Å²) in [5.41, 5.74) is 5.12. The fourth-order valence-corrected chi connectivity index (χ4v) is 3.71. The van der Waals surface area contributed by atoms with E-state index in [0.29, 0.717) is 0 Å². The van der Waals surface area contributed by atoms with E-state index in [1.807, 2.05) is 0 Å². The summed E-state index contributed by atoms with van der Waals surface area (Å²) in [6, 6.07) is 21.6. The standard InChI is InChI=1S/C25H24N/c1-2-3-18-26-24(21-14-8-5-9-15-21)23(19-20-12-6-4-7-13-20)25(26)22-16-10-11-17-22/h4-17,24H,2-3,18H2,1H3. The van der Waals surface area contributed by atoms with Gasteiger partial charge >= 0.3 is 0 Å². The van der Waals surface area contributed by atoms with Gasteiger partial charge in [0.1, 0.15) is 0 Å². The van der Waals surface area contributed by atoms with Crippen LogP contribution in [-0.2, 0) is 0 Å². The molecule has 1 heterocycles. The average Bonchev–Trinajstić information content (AvgIpc) is 3.19. The molecule has 129 valence electrons. The number of nitrogens with zero attached hydrogens (tertiary/aromatic N) is 1. The van der Waals surface area contributed by atoms with Crippen molar-refractivity contribution >= 4 is 0 Å². The van der Waals surface area contributed by atoms with Gasteiger partial charge in [0.2, 0.25) is 0 Å². The molecule has 0 N–H and O–H groups in total. The predicted molar refractivity (Wildman–Crippen MR) is 107 cm³/mol. The van der Waals surface area contributed by atoms with Crippen LogP contribution in [0.5, 0.6) is 0 Å². The third-order valence-corrected chi connectivity index (χ3v) is 4.98. The average molecular weight is 338 g/mol. The first kappa shape index (κ1) is 17.4. The minimum absolute atomic E-state index is 0.285. The maximum Gasteiger partial charge on any atom is 0.0782 e.